The number of carbonyl (C=O) groups is 1. The molecule has 0 bridgehead atoms. The van der Waals surface area contributed by atoms with E-state index < -0.39 is 6.04 Å². The maximum absolute atomic E-state index is 13.2. The number of rotatable bonds is 4. The van der Waals surface area contributed by atoms with E-state index in [2.05, 4.69) is 5.43 Å². The van der Waals surface area contributed by atoms with E-state index in [4.69, 9.17) is 20.8 Å². The third-order valence-corrected chi connectivity index (χ3v) is 4.71. The van der Waals surface area contributed by atoms with Gasteiger partial charge in [0.25, 0.3) is 5.91 Å². The largest absolute Gasteiger partial charge is 0.497 e. The van der Waals surface area contributed by atoms with Gasteiger partial charge in [-0.05, 0) is 42.5 Å². The fraction of sp³-hybridized carbons (Fsp3) is 0.0952. The Hall–Kier alpha value is -3.18. The molecule has 5 nitrogen and oxygen atoms in total. The average molecular weight is 381 g/mol. The van der Waals surface area contributed by atoms with Gasteiger partial charge in [0.05, 0.1) is 29.7 Å². The van der Waals surface area contributed by atoms with E-state index >= 15 is 0 Å². The molecule has 4 rings (SSSR count). The number of hydrazine groups is 1. The molecular formula is C21H17ClN2O3. The van der Waals surface area contributed by atoms with Gasteiger partial charge in [-0.1, -0.05) is 35.9 Å². The molecule has 6 heteroatoms. The lowest BCUT2D eigenvalue weighted by atomic mass is 10.1. The zero-order chi connectivity index (χ0) is 18.8. The van der Waals surface area contributed by atoms with Gasteiger partial charge in [-0.3, -0.25) is 10.2 Å². The molecular weight excluding hydrogens is 364 g/mol. The Labute approximate surface area is 161 Å². The summed E-state index contributed by atoms with van der Waals surface area (Å²) >= 11 is 6.23. The Morgan fingerprint density at radius 2 is 2.00 bits per heavy atom. The second-order valence-corrected chi connectivity index (χ2v) is 6.45. The van der Waals surface area contributed by atoms with Crippen LogP contribution in [0.3, 0.4) is 0 Å². The quantitative estimate of drug-likeness (QED) is 0.713. The molecule has 1 N–H and O–H groups in total. The molecule has 1 amide bonds. The highest BCUT2D eigenvalue weighted by Crippen LogP contribution is 2.34. The van der Waals surface area contributed by atoms with E-state index in [-0.39, 0.29) is 5.91 Å². The van der Waals surface area contributed by atoms with Crippen molar-refractivity contribution in [1.29, 1.82) is 0 Å². The molecule has 0 aliphatic carbocycles. The number of hydrogen-bond acceptors (Lipinski definition) is 4. The maximum atomic E-state index is 13.2. The van der Waals surface area contributed by atoms with Crippen LogP contribution in [0, 0.1) is 0 Å². The Kier molecular flexibility index (Phi) is 4.60. The summed E-state index contributed by atoms with van der Waals surface area (Å²) in [6.45, 7) is 0. The van der Waals surface area contributed by atoms with Crippen LogP contribution in [0.15, 0.2) is 77.4 Å². The van der Waals surface area contributed by atoms with Gasteiger partial charge >= 0.3 is 0 Å². The number of amides is 1. The molecule has 2 heterocycles. The third kappa shape index (κ3) is 3.29. The van der Waals surface area contributed by atoms with E-state index in [0.29, 0.717) is 16.3 Å². The number of furan rings is 1. The van der Waals surface area contributed by atoms with E-state index in [1.807, 2.05) is 36.4 Å². The van der Waals surface area contributed by atoms with Crippen molar-refractivity contribution in [1.82, 2.24) is 10.4 Å². The monoisotopic (exact) mass is 380 g/mol. The highest BCUT2D eigenvalue weighted by atomic mass is 35.5. The summed E-state index contributed by atoms with van der Waals surface area (Å²) in [4.78, 5) is 13.2. The molecule has 1 aromatic heterocycles. The topological polar surface area (TPSA) is 54.7 Å². The zero-order valence-corrected chi connectivity index (χ0v) is 15.3. The SMILES string of the molecule is COc1cccc(C2=CC(c3ccco3)N(C(=O)c3ccccc3Cl)N2)c1. The van der Waals surface area contributed by atoms with Crippen molar-refractivity contribution in [3.8, 4) is 5.75 Å². The summed E-state index contributed by atoms with van der Waals surface area (Å²) in [6, 6.07) is 17.8. The first kappa shape index (κ1) is 17.2. The minimum Gasteiger partial charge on any atom is -0.497 e. The van der Waals surface area contributed by atoms with Crippen LogP contribution in [0.1, 0.15) is 27.7 Å². The van der Waals surface area contributed by atoms with Crippen LogP contribution in [-0.2, 0) is 0 Å². The van der Waals surface area contributed by atoms with Gasteiger partial charge in [0.2, 0.25) is 0 Å². The van der Waals surface area contributed by atoms with Crippen LogP contribution in [0.4, 0.5) is 0 Å². The Bertz CT molecular complexity index is 998. The van der Waals surface area contributed by atoms with Gasteiger partial charge in [-0.2, -0.15) is 0 Å². The Morgan fingerprint density at radius 3 is 2.74 bits per heavy atom. The summed E-state index contributed by atoms with van der Waals surface area (Å²) in [7, 11) is 1.62. The standard InChI is InChI=1S/C21H17ClN2O3/c1-26-15-7-4-6-14(12-15)18-13-19(20-10-5-11-27-20)24(23-18)21(25)16-8-2-3-9-17(16)22/h2-13,19,23H,1H3. The minimum absolute atomic E-state index is 0.240. The van der Waals surface area contributed by atoms with Crippen LogP contribution in [0.5, 0.6) is 5.75 Å². The lowest BCUT2D eigenvalue weighted by Gasteiger charge is -2.24. The minimum atomic E-state index is -0.398. The molecule has 0 fully saturated rings. The number of nitrogens with one attached hydrogen (secondary N) is 1. The maximum Gasteiger partial charge on any atom is 0.274 e. The highest BCUT2D eigenvalue weighted by molar-refractivity contribution is 6.33. The van der Waals surface area contributed by atoms with Gasteiger partial charge in [0, 0.05) is 5.56 Å². The fourth-order valence-corrected chi connectivity index (χ4v) is 3.25. The second-order valence-electron chi connectivity index (χ2n) is 6.04. The Morgan fingerprint density at radius 1 is 1.15 bits per heavy atom. The van der Waals surface area contributed by atoms with Gasteiger partial charge in [0.15, 0.2) is 0 Å². The van der Waals surface area contributed by atoms with Crippen molar-refractivity contribution in [2.24, 2.45) is 0 Å². The van der Waals surface area contributed by atoms with E-state index in [1.165, 1.54) is 5.01 Å². The van der Waals surface area contributed by atoms with Crippen molar-refractivity contribution in [2.45, 2.75) is 6.04 Å². The fourth-order valence-electron chi connectivity index (χ4n) is 3.03. The van der Waals surface area contributed by atoms with Crippen LogP contribution < -0.4 is 10.2 Å². The molecule has 0 saturated heterocycles. The Balaban J connectivity index is 1.72. The number of methoxy groups -OCH3 is 1. The smallest absolute Gasteiger partial charge is 0.274 e. The van der Waals surface area contributed by atoms with Gasteiger partial charge < -0.3 is 9.15 Å². The molecule has 1 unspecified atom stereocenters. The summed E-state index contributed by atoms with van der Waals surface area (Å²) in [6.07, 6.45) is 3.53. The average Bonchev–Trinajstić information content (AvgIpc) is 3.37. The van der Waals surface area contributed by atoms with Crippen LogP contribution in [-0.4, -0.2) is 18.0 Å². The van der Waals surface area contributed by atoms with Crippen molar-refractivity contribution in [3.63, 3.8) is 0 Å². The first-order valence-electron chi connectivity index (χ1n) is 8.42. The van der Waals surface area contributed by atoms with Gasteiger partial charge in [-0.25, -0.2) is 5.01 Å². The number of benzene rings is 2. The van der Waals surface area contributed by atoms with E-state index in [1.54, 1.807) is 43.7 Å². The van der Waals surface area contributed by atoms with Crippen LogP contribution >= 0.6 is 11.6 Å². The number of hydrogen-bond donors (Lipinski definition) is 1. The van der Waals surface area contributed by atoms with Crippen LogP contribution in [0.2, 0.25) is 5.02 Å². The first-order chi connectivity index (χ1) is 13.2. The van der Waals surface area contributed by atoms with Gasteiger partial charge in [0.1, 0.15) is 17.6 Å². The summed E-state index contributed by atoms with van der Waals surface area (Å²) in [5.74, 6) is 1.15. The molecule has 136 valence electrons. The normalized spacial score (nSPS) is 16.0. The molecule has 3 aromatic rings. The van der Waals surface area contributed by atoms with E-state index in [9.17, 15) is 4.79 Å². The van der Waals surface area contributed by atoms with Gasteiger partial charge in [-0.15, -0.1) is 0 Å². The molecule has 1 aliphatic rings. The summed E-state index contributed by atoms with van der Waals surface area (Å²) in [5.41, 5.74) is 5.30. The summed E-state index contributed by atoms with van der Waals surface area (Å²) in [5, 5.41) is 1.92. The molecule has 0 radical (unpaired) electrons. The zero-order valence-electron chi connectivity index (χ0n) is 14.6. The lowest BCUT2D eigenvalue weighted by molar-refractivity contribution is 0.0655. The predicted octanol–water partition coefficient (Wildman–Crippen LogP) is 4.68. The van der Waals surface area contributed by atoms with Crippen molar-refractivity contribution in [2.75, 3.05) is 7.11 Å². The number of ether oxygens (including phenoxy) is 1. The van der Waals surface area contributed by atoms with E-state index in [0.717, 1.165) is 17.0 Å². The number of nitrogens with zero attached hydrogens (tertiary/aromatic N) is 1. The van der Waals surface area contributed by atoms with Crippen LogP contribution in [0.25, 0.3) is 5.70 Å². The molecule has 2 aromatic carbocycles. The lowest BCUT2D eigenvalue weighted by Crippen LogP contribution is -2.39. The summed E-state index contributed by atoms with van der Waals surface area (Å²) < 4.78 is 10.9. The molecule has 0 spiro atoms. The van der Waals surface area contributed by atoms with Crippen molar-refractivity contribution < 1.29 is 13.9 Å². The molecule has 1 aliphatic heterocycles. The first-order valence-corrected chi connectivity index (χ1v) is 8.79. The predicted molar refractivity (Wildman–Crippen MR) is 103 cm³/mol. The number of carbonyl (C=O) groups excluding carboxylic acids is 1. The molecule has 0 saturated carbocycles. The van der Waals surface area contributed by atoms with Crippen molar-refractivity contribution in [3.05, 3.63) is 94.9 Å². The second kappa shape index (κ2) is 7.21. The highest BCUT2D eigenvalue weighted by Gasteiger charge is 2.33. The number of halogens is 1. The van der Waals surface area contributed by atoms with Crippen molar-refractivity contribution >= 4 is 23.2 Å². The molecule has 1 atom stereocenters. The third-order valence-electron chi connectivity index (χ3n) is 4.38. The molecule has 27 heavy (non-hydrogen) atoms.